The molecule has 2 heterocycles. The minimum Gasteiger partial charge on any atom is -0.460 e. The van der Waals surface area contributed by atoms with E-state index in [0.29, 0.717) is 18.4 Å². The van der Waals surface area contributed by atoms with Crippen molar-refractivity contribution >= 4 is 58.2 Å². The Morgan fingerprint density at radius 2 is 1.35 bits per heavy atom. The Kier molecular flexibility index (Phi) is 15.1. The molecule has 6 rings (SSSR count). The van der Waals surface area contributed by atoms with Gasteiger partial charge in [0.25, 0.3) is 0 Å². The number of amides is 5. The fourth-order valence-corrected chi connectivity index (χ4v) is 9.52. The molecule has 8 N–H and O–H groups in total. The number of carbonyl (C=O) groups excluding carboxylic acids is 6. The quantitative estimate of drug-likeness (QED) is 0.0552. The largest absolute Gasteiger partial charge is 0.460 e. The Labute approximate surface area is 371 Å². The van der Waals surface area contributed by atoms with Crippen molar-refractivity contribution < 1.29 is 33.5 Å². The van der Waals surface area contributed by atoms with Gasteiger partial charge in [0, 0.05) is 35.8 Å². The summed E-state index contributed by atoms with van der Waals surface area (Å²) in [5.41, 5.74) is 15.1. The van der Waals surface area contributed by atoms with E-state index >= 15 is 0 Å². The van der Waals surface area contributed by atoms with Crippen LogP contribution < -0.4 is 27.4 Å². The molecule has 15 heteroatoms. The molecule has 4 atom stereocenters. The number of rotatable bonds is 18. The molecule has 0 saturated carbocycles. The number of nitrogens with zero attached hydrogens (tertiary/aromatic N) is 1. The lowest BCUT2D eigenvalue weighted by atomic mass is 9.84. The highest BCUT2D eigenvalue weighted by Crippen LogP contribution is 2.48. The number of ether oxygens (including phenoxy) is 1. The topological polar surface area (TPSA) is 219 Å². The Balaban J connectivity index is 1.26. The van der Waals surface area contributed by atoms with Crippen molar-refractivity contribution in [1.82, 2.24) is 25.8 Å². The van der Waals surface area contributed by atoms with E-state index in [1.165, 1.54) is 16.7 Å². The second-order valence-electron chi connectivity index (χ2n) is 16.5. The number of benzene rings is 4. The number of fused-ring (bicyclic) bond motifs is 1. The summed E-state index contributed by atoms with van der Waals surface area (Å²) in [6, 6.07) is 32.5. The number of hydrogen-bond donors (Lipinski definition) is 6. The van der Waals surface area contributed by atoms with Gasteiger partial charge in [-0.15, -0.1) is 11.8 Å². The first-order valence-electron chi connectivity index (χ1n) is 21.0. The molecule has 14 nitrogen and oxygen atoms in total. The predicted molar refractivity (Wildman–Crippen MR) is 243 cm³/mol. The first-order valence-corrected chi connectivity index (χ1v) is 22.0. The summed E-state index contributed by atoms with van der Waals surface area (Å²) >= 11 is 1.47. The van der Waals surface area contributed by atoms with E-state index in [0.717, 1.165) is 27.6 Å². The highest BCUT2D eigenvalue weighted by molar-refractivity contribution is 8.00. The highest BCUT2D eigenvalue weighted by atomic mass is 32.2. The lowest BCUT2D eigenvalue weighted by molar-refractivity contribution is -0.156. The Morgan fingerprint density at radius 1 is 0.778 bits per heavy atom. The third kappa shape index (κ3) is 11.3. The number of nitrogens with one attached hydrogen (secondary N) is 4. The highest BCUT2D eigenvalue weighted by Gasteiger charge is 2.42. The molecule has 0 unspecified atom stereocenters. The van der Waals surface area contributed by atoms with Crippen molar-refractivity contribution in [2.24, 2.45) is 11.5 Å². The second kappa shape index (κ2) is 20.6. The maximum atomic E-state index is 14.7. The van der Waals surface area contributed by atoms with E-state index in [9.17, 15) is 28.8 Å². The molecule has 1 aliphatic rings. The fraction of sp³-hybridized carbons (Fsp3) is 0.333. The van der Waals surface area contributed by atoms with Crippen molar-refractivity contribution in [3.05, 3.63) is 144 Å². The number of thioether (sulfide) groups is 1. The van der Waals surface area contributed by atoms with Crippen LogP contribution in [0.25, 0.3) is 10.9 Å². The van der Waals surface area contributed by atoms with Crippen LogP contribution in [0.15, 0.2) is 121 Å². The summed E-state index contributed by atoms with van der Waals surface area (Å²) in [6.07, 6.45) is 1.99. The first-order chi connectivity index (χ1) is 30.2. The molecule has 4 aromatic carbocycles. The number of hydrogen-bond acceptors (Lipinski definition) is 9. The fourth-order valence-electron chi connectivity index (χ4n) is 7.95. The van der Waals surface area contributed by atoms with E-state index in [4.69, 9.17) is 16.2 Å². The van der Waals surface area contributed by atoms with Crippen LogP contribution in [0.2, 0.25) is 0 Å². The van der Waals surface area contributed by atoms with Gasteiger partial charge in [0.15, 0.2) is 0 Å². The molecule has 5 aromatic rings. The summed E-state index contributed by atoms with van der Waals surface area (Å²) in [4.78, 5) is 86.3. The van der Waals surface area contributed by atoms with E-state index in [1.807, 2.05) is 115 Å². The molecule has 0 bridgehead atoms. The Bertz CT molecular complexity index is 2290. The van der Waals surface area contributed by atoms with E-state index in [2.05, 4.69) is 20.9 Å². The van der Waals surface area contributed by atoms with Gasteiger partial charge < -0.3 is 42.0 Å². The molecular weight excluding hydrogens is 819 g/mol. The van der Waals surface area contributed by atoms with Gasteiger partial charge in [-0.05, 0) is 61.9 Å². The SMILES string of the molecule is CC(C)(C)OC(=O)C[C@H](NC(=O)CN)C(=O)N[C@@H](Cc1c[nH]c2ccccc12)C(=O)N1CCC[C@H]1C(=O)N[C@@H](CSC(c1ccccc1)(c1ccccc1)c1ccccc1)C(N)=O. The van der Waals surface area contributed by atoms with Crippen molar-refractivity contribution in [1.29, 1.82) is 0 Å². The number of nitrogens with two attached hydrogens (primary N) is 2. The van der Waals surface area contributed by atoms with Crippen LogP contribution in [0.1, 0.15) is 62.3 Å². The van der Waals surface area contributed by atoms with Gasteiger partial charge in [-0.3, -0.25) is 28.8 Å². The van der Waals surface area contributed by atoms with Crippen molar-refractivity contribution in [3.63, 3.8) is 0 Å². The van der Waals surface area contributed by atoms with Crippen molar-refractivity contribution in [3.8, 4) is 0 Å². The summed E-state index contributed by atoms with van der Waals surface area (Å²) in [5, 5.41) is 8.96. The summed E-state index contributed by atoms with van der Waals surface area (Å²) in [7, 11) is 0. The number of para-hydroxylation sites is 1. The summed E-state index contributed by atoms with van der Waals surface area (Å²) in [6.45, 7) is 4.77. The van der Waals surface area contributed by atoms with Gasteiger partial charge in [-0.25, -0.2) is 0 Å². The zero-order chi connectivity index (χ0) is 45.1. The van der Waals surface area contributed by atoms with Gasteiger partial charge in [0.2, 0.25) is 29.5 Å². The number of aromatic amines is 1. The maximum absolute atomic E-state index is 14.7. The lowest BCUT2D eigenvalue weighted by Gasteiger charge is -2.36. The van der Waals surface area contributed by atoms with Gasteiger partial charge in [-0.2, -0.15) is 0 Å². The van der Waals surface area contributed by atoms with Crippen LogP contribution in [-0.2, 0) is 44.7 Å². The van der Waals surface area contributed by atoms with Crippen LogP contribution in [0.5, 0.6) is 0 Å². The monoisotopic (exact) mass is 873 g/mol. The standard InChI is InChI=1S/C48H55N7O7S/c1-47(2,3)62-42(57)27-37(52-41(56)28-49)44(59)53-38(26-31-29-51-36-23-14-13-22-35(31)36)46(61)55-25-15-24-40(55)45(60)54-39(43(50)58)30-63-48(32-16-7-4-8-17-32,33-18-9-5-10-19-33)34-20-11-6-12-21-34/h4-14,16-23,29,37-40,51H,15,24-28,30,49H2,1-3H3,(H2,50,58)(H,52,56)(H,53,59)(H,54,60)/t37-,38-,39-,40-/m0/s1. The molecule has 330 valence electrons. The van der Waals surface area contributed by atoms with Gasteiger partial charge in [0.05, 0.1) is 17.7 Å². The molecule has 1 saturated heterocycles. The number of H-pyrrole nitrogens is 1. The van der Waals surface area contributed by atoms with E-state index in [1.54, 1.807) is 27.0 Å². The number of aromatic nitrogens is 1. The van der Waals surface area contributed by atoms with Gasteiger partial charge >= 0.3 is 5.97 Å². The molecule has 0 radical (unpaired) electrons. The third-order valence-electron chi connectivity index (χ3n) is 10.8. The number of esters is 1. The zero-order valence-corrected chi connectivity index (χ0v) is 36.5. The van der Waals surface area contributed by atoms with Crippen LogP contribution in [0.4, 0.5) is 0 Å². The second-order valence-corrected chi connectivity index (χ2v) is 17.7. The number of primary amides is 1. The third-order valence-corrected chi connectivity index (χ3v) is 12.5. The summed E-state index contributed by atoms with van der Waals surface area (Å²) in [5.74, 6) is -4.02. The summed E-state index contributed by atoms with van der Waals surface area (Å²) < 4.78 is 4.64. The van der Waals surface area contributed by atoms with Gasteiger partial charge in [-0.1, -0.05) is 109 Å². The molecule has 1 fully saturated rings. The van der Waals surface area contributed by atoms with Crippen LogP contribution in [0, 0.1) is 0 Å². The Morgan fingerprint density at radius 3 is 1.90 bits per heavy atom. The number of likely N-dealkylation sites (tertiary alicyclic amines) is 1. The van der Waals surface area contributed by atoms with Crippen molar-refractivity contribution in [2.75, 3.05) is 18.8 Å². The smallest absolute Gasteiger partial charge is 0.308 e. The lowest BCUT2D eigenvalue weighted by Crippen LogP contribution is -2.59. The average molecular weight is 874 g/mol. The molecule has 1 aromatic heterocycles. The van der Waals surface area contributed by atoms with Gasteiger partial charge in [0.1, 0.15) is 29.8 Å². The molecule has 0 aliphatic carbocycles. The first kappa shape index (κ1) is 46.1. The van der Waals surface area contributed by atoms with Crippen LogP contribution >= 0.6 is 11.8 Å². The predicted octanol–water partition coefficient (Wildman–Crippen LogP) is 4.06. The molecule has 63 heavy (non-hydrogen) atoms. The molecular formula is C48H55N7O7S. The average Bonchev–Trinajstić information content (AvgIpc) is 3.94. The van der Waals surface area contributed by atoms with Crippen LogP contribution in [-0.4, -0.2) is 94.0 Å². The van der Waals surface area contributed by atoms with E-state index < -0.39 is 83.0 Å². The number of carbonyl (C=O) groups is 6. The van der Waals surface area contributed by atoms with E-state index in [-0.39, 0.29) is 18.7 Å². The molecule has 0 spiro atoms. The molecule has 1 aliphatic heterocycles. The zero-order valence-electron chi connectivity index (χ0n) is 35.7. The minimum atomic E-state index is -1.42. The normalized spacial score (nSPS) is 15.5. The molecule has 5 amide bonds. The maximum Gasteiger partial charge on any atom is 0.308 e. The Hall–Kier alpha value is -6.45. The van der Waals surface area contributed by atoms with Crippen LogP contribution in [0.3, 0.4) is 0 Å². The minimum absolute atomic E-state index is 0.00447. The van der Waals surface area contributed by atoms with Crippen molar-refractivity contribution in [2.45, 2.75) is 81.0 Å².